The van der Waals surface area contributed by atoms with Crippen molar-refractivity contribution in [3.63, 3.8) is 0 Å². The quantitative estimate of drug-likeness (QED) is 0.833. The molecule has 1 aromatic carbocycles. The van der Waals surface area contributed by atoms with Gasteiger partial charge in [0.25, 0.3) is 5.91 Å². The summed E-state index contributed by atoms with van der Waals surface area (Å²) in [5.74, 6) is 0.814. The Bertz CT molecular complexity index is 739. The highest BCUT2D eigenvalue weighted by atomic mass is 16.2. The SMILES string of the molecule is CC(C)(C)c1ccc(Nc2cc(C(=O)N3CCCCCC3)ccn2)cc1. The molecule has 0 aliphatic carbocycles. The molecular weight excluding hydrogens is 322 g/mol. The largest absolute Gasteiger partial charge is 0.340 e. The summed E-state index contributed by atoms with van der Waals surface area (Å²) in [6.45, 7) is 8.33. The van der Waals surface area contributed by atoms with E-state index in [2.05, 4.69) is 55.3 Å². The fourth-order valence-electron chi connectivity index (χ4n) is 3.29. The first-order chi connectivity index (χ1) is 12.4. The number of anilines is 2. The number of carbonyl (C=O) groups is 1. The van der Waals surface area contributed by atoms with Crippen LogP contribution in [0, 0.1) is 0 Å². The molecule has 1 aliphatic heterocycles. The van der Waals surface area contributed by atoms with Crippen LogP contribution in [0.2, 0.25) is 0 Å². The average Bonchev–Trinajstić information content (AvgIpc) is 2.90. The molecule has 0 radical (unpaired) electrons. The van der Waals surface area contributed by atoms with Crippen LogP contribution in [0.5, 0.6) is 0 Å². The molecular formula is C22H29N3O. The number of hydrogen-bond donors (Lipinski definition) is 1. The lowest BCUT2D eigenvalue weighted by Gasteiger charge is -2.20. The van der Waals surface area contributed by atoms with E-state index in [-0.39, 0.29) is 11.3 Å². The Labute approximate surface area is 156 Å². The van der Waals surface area contributed by atoms with E-state index in [1.807, 2.05) is 11.0 Å². The molecule has 3 rings (SSSR count). The standard InChI is InChI=1S/C22H29N3O/c1-22(2,3)18-8-10-19(11-9-18)24-20-16-17(12-13-23-20)21(26)25-14-6-4-5-7-15-25/h8-13,16H,4-7,14-15H2,1-3H3,(H,23,24). The summed E-state index contributed by atoms with van der Waals surface area (Å²) in [6.07, 6.45) is 6.34. The van der Waals surface area contributed by atoms with Crippen molar-refractivity contribution in [3.8, 4) is 0 Å². The Kier molecular flexibility index (Phi) is 5.60. The van der Waals surface area contributed by atoms with Gasteiger partial charge < -0.3 is 10.2 Å². The molecule has 138 valence electrons. The van der Waals surface area contributed by atoms with Crippen LogP contribution >= 0.6 is 0 Å². The zero-order chi connectivity index (χ0) is 18.6. The van der Waals surface area contributed by atoms with Crippen LogP contribution in [-0.4, -0.2) is 28.9 Å². The number of hydrogen-bond acceptors (Lipinski definition) is 3. The Balaban J connectivity index is 1.71. The van der Waals surface area contributed by atoms with Gasteiger partial charge in [-0.25, -0.2) is 4.98 Å². The lowest BCUT2D eigenvalue weighted by Crippen LogP contribution is -2.31. The Morgan fingerprint density at radius 2 is 1.65 bits per heavy atom. The average molecular weight is 351 g/mol. The first-order valence-electron chi connectivity index (χ1n) is 9.56. The van der Waals surface area contributed by atoms with Crippen molar-refractivity contribution >= 4 is 17.4 Å². The van der Waals surface area contributed by atoms with E-state index >= 15 is 0 Å². The summed E-state index contributed by atoms with van der Waals surface area (Å²) in [4.78, 5) is 19.1. The van der Waals surface area contributed by atoms with Crippen LogP contribution in [-0.2, 0) is 5.41 Å². The van der Waals surface area contributed by atoms with E-state index in [9.17, 15) is 4.79 Å². The Morgan fingerprint density at radius 3 is 2.27 bits per heavy atom. The summed E-state index contributed by atoms with van der Waals surface area (Å²) >= 11 is 0. The summed E-state index contributed by atoms with van der Waals surface area (Å²) in [5.41, 5.74) is 3.11. The number of amides is 1. The summed E-state index contributed by atoms with van der Waals surface area (Å²) in [7, 11) is 0. The van der Waals surface area contributed by atoms with Crippen molar-refractivity contribution in [2.24, 2.45) is 0 Å². The predicted octanol–water partition coefficient (Wildman–Crippen LogP) is 5.14. The Hall–Kier alpha value is -2.36. The minimum absolute atomic E-state index is 0.112. The third kappa shape index (κ3) is 4.63. The van der Waals surface area contributed by atoms with Crippen LogP contribution in [0.25, 0.3) is 0 Å². The molecule has 0 unspecified atom stereocenters. The molecule has 0 bridgehead atoms. The van der Waals surface area contributed by atoms with Gasteiger partial charge in [0, 0.05) is 30.5 Å². The second kappa shape index (κ2) is 7.90. The number of likely N-dealkylation sites (tertiary alicyclic amines) is 1. The van der Waals surface area contributed by atoms with Gasteiger partial charge >= 0.3 is 0 Å². The molecule has 0 atom stereocenters. The summed E-state index contributed by atoms with van der Waals surface area (Å²) in [5, 5.41) is 3.31. The van der Waals surface area contributed by atoms with Gasteiger partial charge in [-0.2, -0.15) is 0 Å². The maximum absolute atomic E-state index is 12.8. The lowest BCUT2D eigenvalue weighted by molar-refractivity contribution is 0.0761. The highest BCUT2D eigenvalue weighted by Crippen LogP contribution is 2.25. The van der Waals surface area contributed by atoms with Crippen molar-refractivity contribution in [1.82, 2.24) is 9.88 Å². The number of nitrogens with one attached hydrogen (secondary N) is 1. The number of aromatic nitrogens is 1. The molecule has 1 fully saturated rings. The molecule has 1 aliphatic rings. The first-order valence-corrected chi connectivity index (χ1v) is 9.56. The second-order valence-electron chi connectivity index (χ2n) is 8.09. The molecule has 0 spiro atoms. The Morgan fingerprint density at radius 1 is 1.00 bits per heavy atom. The van der Waals surface area contributed by atoms with Crippen LogP contribution < -0.4 is 5.32 Å². The number of pyridine rings is 1. The minimum Gasteiger partial charge on any atom is -0.340 e. The summed E-state index contributed by atoms with van der Waals surface area (Å²) < 4.78 is 0. The third-order valence-electron chi connectivity index (χ3n) is 4.92. The van der Waals surface area contributed by atoms with Crippen LogP contribution in [0.3, 0.4) is 0 Å². The highest BCUT2D eigenvalue weighted by Gasteiger charge is 2.18. The zero-order valence-corrected chi connectivity index (χ0v) is 16.1. The predicted molar refractivity (Wildman–Crippen MR) is 107 cm³/mol. The number of nitrogens with zero attached hydrogens (tertiary/aromatic N) is 2. The highest BCUT2D eigenvalue weighted by molar-refractivity contribution is 5.95. The molecule has 1 saturated heterocycles. The van der Waals surface area contributed by atoms with Crippen LogP contribution in [0.15, 0.2) is 42.6 Å². The van der Waals surface area contributed by atoms with Crippen LogP contribution in [0.1, 0.15) is 62.4 Å². The van der Waals surface area contributed by atoms with Gasteiger partial charge in [-0.15, -0.1) is 0 Å². The lowest BCUT2D eigenvalue weighted by atomic mass is 9.87. The fourth-order valence-corrected chi connectivity index (χ4v) is 3.29. The number of rotatable bonds is 3. The van der Waals surface area contributed by atoms with Crippen molar-refractivity contribution in [3.05, 3.63) is 53.7 Å². The van der Waals surface area contributed by atoms with Crippen molar-refractivity contribution in [1.29, 1.82) is 0 Å². The maximum Gasteiger partial charge on any atom is 0.254 e. The van der Waals surface area contributed by atoms with Gasteiger partial charge in [-0.1, -0.05) is 45.7 Å². The second-order valence-corrected chi connectivity index (χ2v) is 8.09. The molecule has 1 amide bonds. The van der Waals surface area contributed by atoms with Crippen LogP contribution in [0.4, 0.5) is 11.5 Å². The van der Waals surface area contributed by atoms with E-state index in [4.69, 9.17) is 0 Å². The minimum atomic E-state index is 0.112. The molecule has 0 saturated carbocycles. The monoisotopic (exact) mass is 351 g/mol. The third-order valence-corrected chi connectivity index (χ3v) is 4.92. The number of benzene rings is 1. The molecule has 1 N–H and O–H groups in total. The topological polar surface area (TPSA) is 45.2 Å². The fraction of sp³-hybridized carbons (Fsp3) is 0.455. The van der Waals surface area contributed by atoms with Gasteiger partial charge in [-0.3, -0.25) is 4.79 Å². The summed E-state index contributed by atoms with van der Waals surface area (Å²) in [6, 6.07) is 12.0. The van der Waals surface area contributed by atoms with E-state index in [1.54, 1.807) is 12.3 Å². The van der Waals surface area contributed by atoms with Crippen molar-refractivity contribution < 1.29 is 4.79 Å². The van der Waals surface area contributed by atoms with Gasteiger partial charge in [-0.05, 0) is 48.1 Å². The van der Waals surface area contributed by atoms with Crippen molar-refractivity contribution in [2.75, 3.05) is 18.4 Å². The molecule has 4 nitrogen and oxygen atoms in total. The zero-order valence-electron chi connectivity index (χ0n) is 16.1. The molecule has 2 heterocycles. The molecule has 26 heavy (non-hydrogen) atoms. The van der Waals surface area contributed by atoms with E-state index in [0.717, 1.165) is 31.6 Å². The molecule has 1 aromatic heterocycles. The van der Waals surface area contributed by atoms with E-state index < -0.39 is 0 Å². The molecule has 4 heteroatoms. The van der Waals surface area contributed by atoms with Gasteiger partial charge in [0.1, 0.15) is 5.82 Å². The van der Waals surface area contributed by atoms with E-state index in [1.165, 1.54) is 18.4 Å². The van der Waals surface area contributed by atoms with Gasteiger partial charge in [0.05, 0.1) is 0 Å². The first kappa shape index (κ1) is 18.4. The normalized spacial score (nSPS) is 15.4. The number of carbonyl (C=O) groups excluding carboxylic acids is 1. The maximum atomic E-state index is 12.8. The van der Waals surface area contributed by atoms with Crippen molar-refractivity contribution in [2.45, 2.75) is 51.9 Å². The smallest absolute Gasteiger partial charge is 0.254 e. The van der Waals surface area contributed by atoms with Gasteiger partial charge in [0.2, 0.25) is 0 Å². The molecule has 2 aromatic rings. The van der Waals surface area contributed by atoms with E-state index in [0.29, 0.717) is 11.4 Å². The van der Waals surface area contributed by atoms with Gasteiger partial charge in [0.15, 0.2) is 0 Å².